The minimum Gasteiger partial charge on any atom is -0.480 e. The molecule has 0 radical (unpaired) electrons. The van der Waals surface area contributed by atoms with Crippen molar-refractivity contribution in [2.75, 3.05) is 11.9 Å². The van der Waals surface area contributed by atoms with Gasteiger partial charge < -0.3 is 20.8 Å². The minimum atomic E-state index is -1.22. The van der Waals surface area contributed by atoms with Gasteiger partial charge in [0.05, 0.1) is 5.56 Å². The summed E-state index contributed by atoms with van der Waals surface area (Å²) in [6, 6.07) is 12.6. The van der Waals surface area contributed by atoms with E-state index in [1.54, 1.807) is 11.9 Å². The van der Waals surface area contributed by atoms with Gasteiger partial charge in [-0.1, -0.05) is 36.4 Å². The first-order valence-corrected chi connectivity index (χ1v) is 7.01. The molecule has 0 fully saturated rings. The van der Waals surface area contributed by atoms with Gasteiger partial charge in [0, 0.05) is 24.8 Å². The van der Waals surface area contributed by atoms with Gasteiger partial charge in [-0.2, -0.15) is 0 Å². The van der Waals surface area contributed by atoms with Gasteiger partial charge in [-0.05, 0) is 17.7 Å². The molecule has 1 unspecified atom stereocenters. The summed E-state index contributed by atoms with van der Waals surface area (Å²) in [7, 11) is 1.77. The van der Waals surface area contributed by atoms with Crippen molar-refractivity contribution >= 4 is 17.6 Å². The van der Waals surface area contributed by atoms with Crippen molar-refractivity contribution < 1.29 is 19.8 Å². The molecule has 6 nitrogen and oxygen atoms in total. The Morgan fingerprint density at radius 3 is 2.35 bits per heavy atom. The Hall–Kier alpha value is -2.86. The largest absolute Gasteiger partial charge is 0.480 e. The molecule has 0 bridgehead atoms. The summed E-state index contributed by atoms with van der Waals surface area (Å²) in [5.41, 5.74) is 7.69. The van der Waals surface area contributed by atoms with Crippen LogP contribution in [0.1, 0.15) is 27.5 Å². The zero-order valence-electron chi connectivity index (χ0n) is 12.6. The van der Waals surface area contributed by atoms with Crippen LogP contribution < -0.4 is 10.6 Å². The molecular formula is C17H18N2O4. The maximum absolute atomic E-state index is 11.2. The molecule has 0 heterocycles. The Labute approximate surface area is 133 Å². The first-order valence-electron chi connectivity index (χ1n) is 7.01. The van der Waals surface area contributed by atoms with Crippen molar-refractivity contribution in [1.29, 1.82) is 0 Å². The van der Waals surface area contributed by atoms with E-state index in [0.717, 1.165) is 5.56 Å². The minimum absolute atomic E-state index is 0.0845. The highest BCUT2D eigenvalue weighted by atomic mass is 16.4. The van der Waals surface area contributed by atoms with Gasteiger partial charge in [0.2, 0.25) is 0 Å². The number of carbonyl (C=O) groups is 2. The van der Waals surface area contributed by atoms with Crippen LogP contribution in [0.3, 0.4) is 0 Å². The molecule has 2 aromatic carbocycles. The van der Waals surface area contributed by atoms with E-state index >= 15 is 0 Å². The maximum Gasteiger partial charge on any atom is 0.335 e. The van der Waals surface area contributed by atoms with Gasteiger partial charge in [-0.15, -0.1) is 0 Å². The van der Waals surface area contributed by atoms with Gasteiger partial charge >= 0.3 is 11.9 Å². The Balaban J connectivity index is 2.41. The van der Waals surface area contributed by atoms with Crippen molar-refractivity contribution in [2.45, 2.75) is 12.6 Å². The summed E-state index contributed by atoms with van der Waals surface area (Å²) in [5.74, 6) is -2.24. The van der Waals surface area contributed by atoms with Crippen molar-refractivity contribution in [3.8, 4) is 0 Å². The summed E-state index contributed by atoms with van der Waals surface area (Å²) < 4.78 is 0. The fraction of sp³-hybridized carbons (Fsp3) is 0.176. The first kappa shape index (κ1) is 16.5. The number of aliphatic carboxylic acids is 1. The van der Waals surface area contributed by atoms with Crippen molar-refractivity contribution in [3.63, 3.8) is 0 Å². The van der Waals surface area contributed by atoms with Gasteiger partial charge in [0.1, 0.15) is 6.04 Å². The number of hydrogen-bond donors (Lipinski definition) is 3. The molecule has 0 saturated carbocycles. The van der Waals surface area contributed by atoms with E-state index in [4.69, 9.17) is 15.9 Å². The Bertz CT molecular complexity index is 716. The Kier molecular flexibility index (Phi) is 4.98. The number of anilines is 1. The summed E-state index contributed by atoms with van der Waals surface area (Å²) in [6.45, 7) is 0.503. The molecule has 6 heteroatoms. The van der Waals surface area contributed by atoms with Gasteiger partial charge in [-0.3, -0.25) is 4.79 Å². The lowest BCUT2D eigenvalue weighted by atomic mass is 10.0. The van der Waals surface area contributed by atoms with Crippen molar-refractivity contribution in [1.82, 2.24) is 0 Å². The summed E-state index contributed by atoms with van der Waals surface area (Å²) in [5, 5.41) is 18.3. The molecule has 0 aromatic heterocycles. The van der Waals surface area contributed by atoms with Crippen molar-refractivity contribution in [3.05, 3.63) is 65.2 Å². The van der Waals surface area contributed by atoms with E-state index in [2.05, 4.69) is 0 Å². The molecule has 0 spiro atoms. The predicted molar refractivity (Wildman–Crippen MR) is 86.5 cm³/mol. The number of aromatic carboxylic acids is 1. The Morgan fingerprint density at radius 1 is 1.13 bits per heavy atom. The lowest BCUT2D eigenvalue weighted by molar-refractivity contribution is -0.138. The molecule has 4 N–H and O–H groups in total. The third-order valence-corrected chi connectivity index (χ3v) is 3.55. The summed E-state index contributed by atoms with van der Waals surface area (Å²) >= 11 is 0. The average Bonchev–Trinajstić information content (AvgIpc) is 2.54. The van der Waals surface area contributed by atoms with Crippen LogP contribution in [-0.2, 0) is 11.3 Å². The van der Waals surface area contributed by atoms with Crippen molar-refractivity contribution in [2.24, 2.45) is 5.73 Å². The zero-order chi connectivity index (χ0) is 17.0. The average molecular weight is 314 g/mol. The molecule has 23 heavy (non-hydrogen) atoms. The number of benzene rings is 2. The molecule has 0 saturated heterocycles. The SMILES string of the molecule is CN(Cc1ccccc1)c1cc(C(=O)O)ccc1C(N)C(=O)O. The quantitative estimate of drug-likeness (QED) is 0.754. The standard InChI is InChI=1S/C17H18N2O4/c1-19(10-11-5-3-2-4-6-11)14-9-12(16(20)21)7-8-13(14)15(18)17(22)23/h2-9,15H,10,18H2,1H3,(H,20,21)(H,22,23). The van der Waals surface area contributed by atoms with E-state index in [-0.39, 0.29) is 5.56 Å². The molecule has 2 rings (SSSR count). The topological polar surface area (TPSA) is 104 Å². The highest BCUT2D eigenvalue weighted by Gasteiger charge is 2.21. The summed E-state index contributed by atoms with van der Waals surface area (Å²) in [6.07, 6.45) is 0. The lowest BCUT2D eigenvalue weighted by Crippen LogP contribution is -2.26. The third kappa shape index (κ3) is 3.87. The van der Waals surface area contributed by atoms with E-state index < -0.39 is 18.0 Å². The second-order valence-corrected chi connectivity index (χ2v) is 5.24. The van der Waals surface area contributed by atoms with Crippen LogP contribution in [0.5, 0.6) is 0 Å². The number of rotatable bonds is 6. The van der Waals surface area contributed by atoms with Crippen LogP contribution in [0.4, 0.5) is 5.69 Å². The predicted octanol–water partition coefficient (Wildman–Crippen LogP) is 2.11. The highest BCUT2D eigenvalue weighted by Crippen LogP contribution is 2.27. The van der Waals surface area contributed by atoms with Gasteiger partial charge in [-0.25, -0.2) is 4.79 Å². The Morgan fingerprint density at radius 2 is 1.78 bits per heavy atom. The molecule has 0 amide bonds. The highest BCUT2D eigenvalue weighted by molar-refractivity contribution is 5.90. The molecule has 1 atom stereocenters. The van der Waals surface area contributed by atoms with Gasteiger partial charge in [0.15, 0.2) is 0 Å². The number of nitrogens with two attached hydrogens (primary N) is 1. The second-order valence-electron chi connectivity index (χ2n) is 5.24. The molecule has 120 valence electrons. The zero-order valence-corrected chi connectivity index (χ0v) is 12.6. The molecular weight excluding hydrogens is 296 g/mol. The first-order chi connectivity index (χ1) is 10.9. The number of carboxylic acid groups (broad SMARTS) is 2. The van der Waals surface area contributed by atoms with Crippen LogP contribution in [0.15, 0.2) is 48.5 Å². The van der Waals surface area contributed by atoms with E-state index in [9.17, 15) is 9.59 Å². The number of nitrogens with zero attached hydrogens (tertiary/aromatic N) is 1. The van der Waals surface area contributed by atoms with Crippen LogP contribution in [0, 0.1) is 0 Å². The van der Waals surface area contributed by atoms with Crippen LogP contribution in [0.25, 0.3) is 0 Å². The molecule has 0 aliphatic rings. The van der Waals surface area contributed by atoms with Crippen LogP contribution in [0.2, 0.25) is 0 Å². The number of hydrogen-bond acceptors (Lipinski definition) is 4. The third-order valence-electron chi connectivity index (χ3n) is 3.55. The van der Waals surface area contributed by atoms with Crippen LogP contribution in [-0.4, -0.2) is 29.2 Å². The van der Waals surface area contributed by atoms with E-state index in [1.165, 1.54) is 18.2 Å². The smallest absolute Gasteiger partial charge is 0.335 e. The summed E-state index contributed by atoms with van der Waals surface area (Å²) in [4.78, 5) is 24.2. The fourth-order valence-corrected chi connectivity index (χ4v) is 2.35. The van der Waals surface area contributed by atoms with E-state index in [1.807, 2.05) is 30.3 Å². The monoisotopic (exact) mass is 314 g/mol. The molecule has 0 aliphatic heterocycles. The number of carboxylic acids is 2. The lowest BCUT2D eigenvalue weighted by Gasteiger charge is -2.24. The second kappa shape index (κ2) is 6.93. The molecule has 2 aromatic rings. The van der Waals surface area contributed by atoms with E-state index in [0.29, 0.717) is 17.8 Å². The van der Waals surface area contributed by atoms with Gasteiger partial charge in [0.25, 0.3) is 0 Å². The van der Waals surface area contributed by atoms with Crippen LogP contribution >= 0.6 is 0 Å². The fourth-order valence-electron chi connectivity index (χ4n) is 2.35. The molecule has 0 aliphatic carbocycles. The maximum atomic E-state index is 11.2. The normalized spacial score (nSPS) is 11.7.